The van der Waals surface area contributed by atoms with E-state index >= 15 is 0 Å². The quantitative estimate of drug-likeness (QED) is 0.549. The van der Waals surface area contributed by atoms with Gasteiger partial charge < -0.3 is 10.2 Å². The summed E-state index contributed by atoms with van der Waals surface area (Å²) in [4.78, 5) is 10.2. The fraction of sp³-hybridized carbons (Fsp3) is 0.400. The highest BCUT2D eigenvalue weighted by Crippen LogP contribution is 2.21. The topological polar surface area (TPSA) is 57.5 Å². The van der Waals surface area contributed by atoms with E-state index in [0.717, 1.165) is 0 Å². The zero-order valence-electron chi connectivity index (χ0n) is 4.57. The lowest BCUT2D eigenvalue weighted by Crippen LogP contribution is -2.15. The van der Waals surface area contributed by atoms with Crippen molar-refractivity contribution in [3.05, 3.63) is 11.0 Å². The summed E-state index contributed by atoms with van der Waals surface area (Å²) in [6.07, 6.45) is -0.771. The van der Waals surface area contributed by atoms with Crippen LogP contribution in [-0.4, -0.2) is 28.0 Å². The van der Waals surface area contributed by atoms with Crippen LogP contribution in [0.1, 0.15) is 0 Å². The van der Waals surface area contributed by atoms with Gasteiger partial charge in [-0.3, -0.25) is 0 Å². The molecule has 4 heteroatoms. The van der Waals surface area contributed by atoms with Crippen molar-refractivity contribution in [3.8, 4) is 0 Å². The van der Waals surface area contributed by atoms with Gasteiger partial charge in [-0.05, 0) is 5.41 Å². The molecule has 0 saturated carbocycles. The van der Waals surface area contributed by atoms with Crippen LogP contribution < -0.4 is 0 Å². The van der Waals surface area contributed by atoms with Gasteiger partial charge in [-0.2, -0.15) is 0 Å². The Hall–Kier alpha value is -0.480. The molecule has 2 N–H and O–H groups in total. The number of carboxylic acid groups (broad SMARTS) is 1. The molecule has 0 bridgehead atoms. The summed E-state index contributed by atoms with van der Waals surface area (Å²) in [5.41, 5.74) is 0.111. The van der Waals surface area contributed by atoms with E-state index in [2.05, 4.69) is 0 Å². The van der Waals surface area contributed by atoms with E-state index in [4.69, 9.17) is 10.2 Å². The molecule has 0 aromatic carbocycles. The normalized spacial score (nSPS) is 25.9. The highest BCUT2D eigenvalue weighted by molar-refractivity contribution is 8.02. The second-order valence-electron chi connectivity index (χ2n) is 1.73. The average molecular weight is 146 g/mol. The summed E-state index contributed by atoms with van der Waals surface area (Å²) in [7, 11) is 0. The Morgan fingerprint density at radius 1 is 1.89 bits per heavy atom. The molecular formula is C5H6O3S. The largest absolute Gasteiger partial charge is 0.478 e. The van der Waals surface area contributed by atoms with Crippen molar-refractivity contribution in [2.75, 3.05) is 5.75 Å². The molecule has 0 saturated heterocycles. The molecule has 0 aromatic heterocycles. The smallest absolute Gasteiger partial charge is 0.334 e. The number of aliphatic carboxylic acids is 1. The van der Waals surface area contributed by atoms with E-state index in [1.807, 2.05) is 0 Å². The number of aliphatic hydroxyl groups is 1. The Labute approximate surface area is 56.4 Å². The molecule has 9 heavy (non-hydrogen) atoms. The number of hydrogen-bond acceptors (Lipinski definition) is 3. The molecule has 0 aliphatic carbocycles. The van der Waals surface area contributed by atoms with Crippen LogP contribution in [0, 0.1) is 0 Å². The molecule has 0 aromatic rings. The minimum atomic E-state index is -1.02. The Kier molecular flexibility index (Phi) is 1.78. The van der Waals surface area contributed by atoms with Gasteiger partial charge in [0.2, 0.25) is 0 Å². The highest BCUT2D eigenvalue weighted by atomic mass is 32.2. The number of hydrogen-bond donors (Lipinski definition) is 2. The monoisotopic (exact) mass is 146 g/mol. The minimum absolute atomic E-state index is 0.111. The van der Waals surface area contributed by atoms with Crippen LogP contribution in [-0.2, 0) is 4.79 Å². The van der Waals surface area contributed by atoms with Crippen LogP contribution in [0.2, 0.25) is 0 Å². The van der Waals surface area contributed by atoms with E-state index in [1.54, 1.807) is 0 Å². The molecule has 1 rings (SSSR count). The van der Waals surface area contributed by atoms with E-state index in [1.165, 1.54) is 17.2 Å². The van der Waals surface area contributed by atoms with Crippen molar-refractivity contribution in [2.24, 2.45) is 0 Å². The molecule has 1 unspecified atom stereocenters. The summed E-state index contributed by atoms with van der Waals surface area (Å²) in [6, 6.07) is 0. The molecule has 1 aliphatic heterocycles. The molecule has 0 amide bonds. The minimum Gasteiger partial charge on any atom is -0.478 e. The van der Waals surface area contributed by atoms with Gasteiger partial charge in [0.15, 0.2) is 0 Å². The third-order valence-electron chi connectivity index (χ3n) is 1.07. The standard InChI is InChI=1S/C5H6O3S/c6-4-2-9-1-3(4)5(7)8/h1,4,6H,2H2,(H,7,8). The SMILES string of the molecule is O=C(O)C1=CSCC1O. The first-order chi connectivity index (χ1) is 4.22. The van der Waals surface area contributed by atoms with E-state index in [0.29, 0.717) is 5.75 Å². The van der Waals surface area contributed by atoms with Gasteiger partial charge >= 0.3 is 5.97 Å². The molecule has 0 fully saturated rings. The van der Waals surface area contributed by atoms with Crippen LogP contribution in [0.25, 0.3) is 0 Å². The molecule has 1 heterocycles. The second kappa shape index (κ2) is 2.41. The first-order valence-corrected chi connectivity index (χ1v) is 3.49. The summed E-state index contributed by atoms with van der Waals surface area (Å²) in [5, 5.41) is 18.7. The van der Waals surface area contributed by atoms with Crippen LogP contribution >= 0.6 is 11.8 Å². The van der Waals surface area contributed by atoms with Crippen LogP contribution in [0.15, 0.2) is 11.0 Å². The second-order valence-corrected chi connectivity index (χ2v) is 2.63. The third-order valence-corrected chi connectivity index (χ3v) is 2.00. The maximum atomic E-state index is 10.2. The van der Waals surface area contributed by atoms with Gasteiger partial charge in [0.1, 0.15) is 0 Å². The first-order valence-electron chi connectivity index (χ1n) is 2.45. The zero-order chi connectivity index (χ0) is 6.85. The summed E-state index contributed by atoms with van der Waals surface area (Å²) < 4.78 is 0. The van der Waals surface area contributed by atoms with E-state index in [9.17, 15) is 4.79 Å². The first kappa shape index (κ1) is 6.64. The lowest BCUT2D eigenvalue weighted by molar-refractivity contribution is -0.133. The highest BCUT2D eigenvalue weighted by Gasteiger charge is 2.22. The van der Waals surface area contributed by atoms with Crippen molar-refractivity contribution in [2.45, 2.75) is 6.10 Å². The maximum absolute atomic E-state index is 10.2. The van der Waals surface area contributed by atoms with Crippen molar-refractivity contribution < 1.29 is 15.0 Å². The molecule has 0 spiro atoms. The molecule has 3 nitrogen and oxygen atoms in total. The molecule has 1 aliphatic rings. The van der Waals surface area contributed by atoms with Gasteiger partial charge in [0.25, 0.3) is 0 Å². The predicted octanol–water partition coefficient (Wildman–Crippen LogP) is 0.0626. The Balaban J connectivity index is 2.68. The zero-order valence-corrected chi connectivity index (χ0v) is 5.39. The third kappa shape index (κ3) is 1.25. The summed E-state index contributed by atoms with van der Waals surface area (Å²) in [6.45, 7) is 0. The number of aliphatic hydroxyl groups excluding tert-OH is 1. The van der Waals surface area contributed by atoms with Crippen molar-refractivity contribution >= 4 is 17.7 Å². The number of carboxylic acids is 1. The Bertz CT molecular complexity index is 164. The predicted molar refractivity (Wildman–Crippen MR) is 34.2 cm³/mol. The van der Waals surface area contributed by atoms with Gasteiger partial charge in [-0.15, -0.1) is 11.8 Å². The lowest BCUT2D eigenvalue weighted by Gasteiger charge is -1.99. The fourth-order valence-corrected chi connectivity index (χ4v) is 1.49. The van der Waals surface area contributed by atoms with Gasteiger partial charge in [-0.1, -0.05) is 0 Å². The molecule has 1 atom stereocenters. The number of thioether (sulfide) groups is 1. The van der Waals surface area contributed by atoms with Crippen LogP contribution in [0.3, 0.4) is 0 Å². The summed E-state index contributed by atoms with van der Waals surface area (Å²) >= 11 is 1.33. The van der Waals surface area contributed by atoms with Crippen molar-refractivity contribution in [3.63, 3.8) is 0 Å². The van der Waals surface area contributed by atoms with Gasteiger partial charge in [0.05, 0.1) is 11.7 Å². The molecular weight excluding hydrogens is 140 g/mol. The maximum Gasteiger partial charge on any atom is 0.334 e. The van der Waals surface area contributed by atoms with Crippen LogP contribution in [0.4, 0.5) is 0 Å². The lowest BCUT2D eigenvalue weighted by atomic mass is 10.2. The average Bonchev–Trinajstić information content (AvgIpc) is 2.13. The van der Waals surface area contributed by atoms with Crippen LogP contribution in [0.5, 0.6) is 0 Å². The van der Waals surface area contributed by atoms with Gasteiger partial charge in [0, 0.05) is 5.75 Å². The van der Waals surface area contributed by atoms with Crippen molar-refractivity contribution in [1.82, 2.24) is 0 Å². The molecule has 0 radical (unpaired) electrons. The fourth-order valence-electron chi connectivity index (χ4n) is 0.590. The number of rotatable bonds is 1. The van der Waals surface area contributed by atoms with E-state index < -0.39 is 12.1 Å². The Morgan fingerprint density at radius 3 is 2.78 bits per heavy atom. The van der Waals surface area contributed by atoms with E-state index in [-0.39, 0.29) is 5.57 Å². The Morgan fingerprint density at radius 2 is 2.56 bits per heavy atom. The van der Waals surface area contributed by atoms with Crippen molar-refractivity contribution in [1.29, 1.82) is 0 Å². The molecule has 50 valence electrons. The number of carbonyl (C=O) groups is 1. The van der Waals surface area contributed by atoms with Gasteiger partial charge in [-0.25, -0.2) is 4.79 Å². The summed E-state index contributed by atoms with van der Waals surface area (Å²) in [5.74, 6) is -0.547.